The summed E-state index contributed by atoms with van der Waals surface area (Å²) in [5.74, 6) is -2.07. The largest absolute Gasteiger partial charge is 0.394 e. The van der Waals surface area contributed by atoms with E-state index in [0.29, 0.717) is 12.2 Å². The number of aromatic nitrogens is 3. The molecule has 226 valence electrons. The van der Waals surface area contributed by atoms with Crippen LogP contribution in [0.5, 0.6) is 0 Å². The number of ether oxygens (including phenoxy) is 2. The third kappa shape index (κ3) is 5.72. The molecule has 1 amide bonds. The van der Waals surface area contributed by atoms with Crippen LogP contribution in [-0.4, -0.2) is 99.6 Å². The minimum atomic E-state index is -1.40. The minimum Gasteiger partial charge on any atom is -0.394 e. The van der Waals surface area contributed by atoms with Gasteiger partial charge in [-0.1, -0.05) is 21.1 Å². The number of aliphatic hydroxyl groups excluding tert-OH is 3. The zero-order valence-corrected chi connectivity index (χ0v) is 24.7. The third-order valence-corrected chi connectivity index (χ3v) is 8.26. The summed E-state index contributed by atoms with van der Waals surface area (Å²) < 4.78 is 42.2. The maximum absolute atomic E-state index is 14.4. The van der Waals surface area contributed by atoms with Gasteiger partial charge >= 0.3 is 0 Å². The lowest BCUT2D eigenvalue weighted by atomic mass is 9.91. The van der Waals surface area contributed by atoms with Crippen LogP contribution in [0.4, 0.5) is 14.5 Å². The van der Waals surface area contributed by atoms with Gasteiger partial charge in [0.15, 0.2) is 6.10 Å². The normalized spacial score (nSPS) is 27.8. The first-order valence-electron chi connectivity index (χ1n) is 13.4. The van der Waals surface area contributed by atoms with Gasteiger partial charge in [0.1, 0.15) is 41.7 Å². The molecule has 1 aromatic heterocycles. The van der Waals surface area contributed by atoms with Crippen LogP contribution in [0, 0.1) is 25.5 Å². The molecular weight excluding hydrogens is 620 g/mol. The summed E-state index contributed by atoms with van der Waals surface area (Å²) in [6, 6.07) is 5.96. The number of hydrogen-bond donors (Lipinski definition) is 4. The summed E-state index contributed by atoms with van der Waals surface area (Å²) in [5.41, 5.74) is 1.49. The highest BCUT2D eigenvalue weighted by molar-refractivity contribution is 9.10. The van der Waals surface area contributed by atoms with Gasteiger partial charge in [-0.25, -0.2) is 13.5 Å². The number of anilines is 1. The summed E-state index contributed by atoms with van der Waals surface area (Å²) in [4.78, 5) is 15.8. The van der Waals surface area contributed by atoms with Crippen molar-refractivity contribution in [2.45, 2.75) is 56.5 Å². The number of halogens is 3. The van der Waals surface area contributed by atoms with Gasteiger partial charge in [-0.15, -0.1) is 5.10 Å². The molecule has 2 aliphatic heterocycles. The summed E-state index contributed by atoms with van der Waals surface area (Å²) >= 11 is 3.48. The Morgan fingerprint density at radius 3 is 2.50 bits per heavy atom. The van der Waals surface area contributed by atoms with E-state index in [-0.39, 0.29) is 23.4 Å². The molecule has 0 radical (unpaired) electrons. The maximum atomic E-state index is 14.4. The zero-order chi connectivity index (χ0) is 30.3. The highest BCUT2D eigenvalue weighted by Gasteiger charge is 2.52. The van der Waals surface area contributed by atoms with Crippen molar-refractivity contribution in [2.75, 3.05) is 31.7 Å². The van der Waals surface area contributed by atoms with E-state index in [2.05, 4.69) is 31.6 Å². The van der Waals surface area contributed by atoms with Crippen LogP contribution < -0.4 is 10.2 Å². The lowest BCUT2D eigenvalue weighted by Crippen LogP contribution is -2.63. The molecule has 0 saturated carbocycles. The van der Waals surface area contributed by atoms with Crippen LogP contribution in [0.25, 0.3) is 11.3 Å². The lowest BCUT2D eigenvalue weighted by molar-refractivity contribution is -0.211. The van der Waals surface area contributed by atoms with Crippen LogP contribution in [0.1, 0.15) is 17.2 Å². The number of hydrogen-bond acceptors (Lipinski definition) is 9. The number of aryl methyl sites for hydroxylation is 1. The van der Waals surface area contributed by atoms with E-state index in [1.807, 2.05) is 13.0 Å². The predicted octanol–water partition coefficient (Wildman–Crippen LogP) is 1.65. The van der Waals surface area contributed by atoms with E-state index in [1.54, 1.807) is 12.1 Å². The molecule has 2 aromatic carbocycles. The number of carbonyl (C=O) groups is 1. The number of nitrogens with one attached hydrogen (secondary N) is 1. The molecule has 0 bridgehead atoms. The first-order chi connectivity index (χ1) is 20.0. The first-order valence-corrected chi connectivity index (χ1v) is 14.2. The van der Waals surface area contributed by atoms with Crippen molar-refractivity contribution in [1.82, 2.24) is 20.3 Å². The number of nitrogens with zero attached hydrogens (tertiary/aromatic N) is 4. The molecule has 42 heavy (non-hydrogen) atoms. The standard InChI is InChI=1S/C28H32BrF2N5O6/c1-13-4-16(29)8-17(5-13)36(21-9-32-10-22(21)38)28(40)27-26(41-3)24(25(39)23(12-37)42-27)35-11-20(33-34-35)15-6-18(30)14(2)19(31)7-15/h4-8,11,21-27,32,37-39H,9-10,12H2,1-3H3/t21-,22-,23?,24?,25?,26?,27?/m0/s1. The van der Waals surface area contributed by atoms with Gasteiger partial charge in [-0.2, -0.15) is 0 Å². The van der Waals surface area contributed by atoms with Crippen molar-refractivity contribution in [3.8, 4) is 11.3 Å². The molecule has 11 nitrogen and oxygen atoms in total. The smallest absolute Gasteiger partial charge is 0.259 e. The molecular formula is C28H32BrF2N5O6. The van der Waals surface area contributed by atoms with E-state index in [0.717, 1.165) is 22.2 Å². The third-order valence-electron chi connectivity index (χ3n) is 7.80. The second kappa shape index (κ2) is 12.4. The maximum Gasteiger partial charge on any atom is 0.259 e. The Morgan fingerprint density at radius 2 is 1.90 bits per heavy atom. The van der Waals surface area contributed by atoms with Gasteiger partial charge < -0.3 is 35.0 Å². The molecule has 3 heterocycles. The number of amides is 1. The molecule has 14 heteroatoms. The molecule has 4 N–H and O–H groups in total. The monoisotopic (exact) mass is 651 g/mol. The average molecular weight is 652 g/mol. The Morgan fingerprint density at radius 1 is 1.19 bits per heavy atom. The van der Waals surface area contributed by atoms with E-state index < -0.39 is 66.8 Å². The minimum absolute atomic E-state index is 0.121. The number of carbonyl (C=O) groups excluding carboxylic acids is 1. The Balaban J connectivity index is 1.54. The molecule has 5 unspecified atom stereocenters. The summed E-state index contributed by atoms with van der Waals surface area (Å²) in [6.07, 6.45) is -4.60. The predicted molar refractivity (Wildman–Crippen MR) is 151 cm³/mol. The average Bonchev–Trinajstić information content (AvgIpc) is 3.60. The molecule has 5 rings (SSSR count). The van der Waals surface area contributed by atoms with Crippen LogP contribution in [0.3, 0.4) is 0 Å². The van der Waals surface area contributed by atoms with Crippen LogP contribution in [0.2, 0.25) is 0 Å². The Labute approximate surface area is 249 Å². The van der Waals surface area contributed by atoms with Gasteiger partial charge in [0.25, 0.3) is 5.91 Å². The Bertz CT molecular complexity index is 1420. The molecule has 7 atom stereocenters. The van der Waals surface area contributed by atoms with E-state index in [1.165, 1.54) is 29.8 Å². The van der Waals surface area contributed by atoms with Crippen LogP contribution >= 0.6 is 15.9 Å². The van der Waals surface area contributed by atoms with E-state index >= 15 is 0 Å². The fraction of sp³-hybridized carbons (Fsp3) is 0.464. The first kappa shape index (κ1) is 30.6. The second-order valence-electron chi connectivity index (χ2n) is 10.6. The van der Waals surface area contributed by atoms with Crippen LogP contribution in [0.15, 0.2) is 41.0 Å². The Kier molecular flexibility index (Phi) is 9.04. The number of β-amino-alcohol motifs (C(OH)–C–C–N with tert-alkyl or cyclic N) is 1. The highest BCUT2D eigenvalue weighted by Crippen LogP contribution is 2.36. The fourth-order valence-electron chi connectivity index (χ4n) is 5.60. The van der Waals surface area contributed by atoms with Crippen molar-refractivity contribution in [2.24, 2.45) is 0 Å². The van der Waals surface area contributed by atoms with Gasteiger partial charge in [0.2, 0.25) is 0 Å². The molecule has 0 aliphatic carbocycles. The second-order valence-corrected chi connectivity index (χ2v) is 11.5. The quantitative estimate of drug-likeness (QED) is 0.300. The lowest BCUT2D eigenvalue weighted by Gasteiger charge is -2.45. The fourth-order valence-corrected chi connectivity index (χ4v) is 6.19. The molecule has 3 aromatic rings. The Hall–Kier alpha value is -2.85. The van der Waals surface area contributed by atoms with Crippen molar-refractivity contribution in [3.63, 3.8) is 0 Å². The number of benzene rings is 2. The van der Waals surface area contributed by atoms with Crippen molar-refractivity contribution in [1.29, 1.82) is 0 Å². The van der Waals surface area contributed by atoms with Gasteiger partial charge in [-0.05, 0) is 49.7 Å². The number of methoxy groups -OCH3 is 1. The van der Waals surface area contributed by atoms with Crippen LogP contribution in [-0.2, 0) is 14.3 Å². The molecule has 0 spiro atoms. The van der Waals surface area contributed by atoms with Crippen molar-refractivity contribution < 1.29 is 38.4 Å². The zero-order valence-electron chi connectivity index (χ0n) is 23.1. The van der Waals surface area contributed by atoms with E-state index in [9.17, 15) is 28.9 Å². The van der Waals surface area contributed by atoms with Gasteiger partial charge in [-0.3, -0.25) is 4.79 Å². The van der Waals surface area contributed by atoms with Crippen molar-refractivity contribution in [3.05, 3.63) is 63.8 Å². The van der Waals surface area contributed by atoms with Gasteiger partial charge in [0, 0.05) is 41.5 Å². The molecule has 2 aliphatic rings. The summed E-state index contributed by atoms with van der Waals surface area (Å²) in [5, 5.41) is 43.3. The van der Waals surface area contributed by atoms with E-state index in [4.69, 9.17) is 9.47 Å². The van der Waals surface area contributed by atoms with Gasteiger partial charge in [0.05, 0.1) is 24.9 Å². The number of aliphatic hydroxyl groups is 3. The SMILES string of the molecule is COC1C(C(=O)N(c2cc(C)cc(Br)c2)[C@H]2CNC[C@@H]2O)OC(CO)C(O)C1n1cc(-c2cc(F)c(C)c(F)c2)nn1. The highest BCUT2D eigenvalue weighted by atomic mass is 79.9. The van der Waals surface area contributed by atoms with Crippen molar-refractivity contribution >= 4 is 27.5 Å². The topological polar surface area (TPSA) is 142 Å². The molecule has 2 fully saturated rings. The summed E-state index contributed by atoms with van der Waals surface area (Å²) in [7, 11) is 1.34. The summed E-state index contributed by atoms with van der Waals surface area (Å²) in [6.45, 7) is 3.16. The number of rotatable bonds is 7. The molecule has 2 saturated heterocycles.